The molecule has 0 atom stereocenters. The van der Waals surface area contributed by atoms with Gasteiger partial charge < -0.3 is 4.55 Å². The zero-order chi connectivity index (χ0) is 14.8. The molecule has 4 nitrogen and oxygen atoms in total. The number of nitrogens with zero attached hydrogens (tertiary/aromatic N) is 1. The topological polar surface area (TPSA) is 61.1 Å². The highest BCUT2D eigenvalue weighted by atomic mass is 32.2. The van der Waals surface area contributed by atoms with Gasteiger partial charge in [0, 0.05) is 18.6 Å². The molecule has 0 bridgehead atoms. The van der Waals surface area contributed by atoms with E-state index in [1.807, 2.05) is 6.07 Å². The number of pyridine rings is 1. The van der Waals surface area contributed by atoms with Crippen LogP contribution in [0, 0.1) is 0 Å². The van der Waals surface area contributed by atoms with Crippen molar-refractivity contribution in [2.75, 3.05) is 0 Å². The van der Waals surface area contributed by atoms with Gasteiger partial charge in [-0.2, -0.15) is 0 Å². The summed E-state index contributed by atoms with van der Waals surface area (Å²) in [5.41, 5.74) is 0. The third kappa shape index (κ3) is 6.45. The minimum atomic E-state index is -4.25. The second kappa shape index (κ2) is 8.45. The lowest BCUT2D eigenvalue weighted by atomic mass is 10.3. The van der Waals surface area contributed by atoms with Crippen LogP contribution in [0.2, 0.25) is 0 Å². The summed E-state index contributed by atoms with van der Waals surface area (Å²) in [6, 6.07) is 13.4. The van der Waals surface area contributed by atoms with Gasteiger partial charge in [0.1, 0.15) is 16.7 Å². The molecule has 1 aromatic carbocycles. The van der Waals surface area contributed by atoms with E-state index in [9.17, 15) is 13.0 Å². The van der Waals surface area contributed by atoms with Gasteiger partial charge in [0.05, 0.1) is 4.90 Å². The monoisotopic (exact) mass is 293 g/mol. The summed E-state index contributed by atoms with van der Waals surface area (Å²) in [5, 5.41) is 0. The van der Waals surface area contributed by atoms with Gasteiger partial charge in [0.25, 0.3) is 0 Å². The van der Waals surface area contributed by atoms with Crippen molar-refractivity contribution in [1.29, 1.82) is 0 Å². The van der Waals surface area contributed by atoms with Crippen LogP contribution in [0.4, 0.5) is 0 Å². The maximum Gasteiger partial charge on any atom is 0.168 e. The summed E-state index contributed by atoms with van der Waals surface area (Å²) in [6.45, 7) is 3.36. The fraction of sp³-hybridized carbons (Fsp3) is 0.267. The van der Waals surface area contributed by atoms with Crippen molar-refractivity contribution >= 4 is 10.1 Å². The highest BCUT2D eigenvalue weighted by Crippen LogP contribution is 2.04. The molecule has 0 unspecified atom stereocenters. The van der Waals surface area contributed by atoms with Crippen LogP contribution in [-0.4, -0.2) is 13.0 Å². The summed E-state index contributed by atoms with van der Waals surface area (Å²) < 4.78 is 33.0. The Morgan fingerprint density at radius 2 is 1.55 bits per heavy atom. The van der Waals surface area contributed by atoms with Crippen LogP contribution in [-0.2, 0) is 16.7 Å². The van der Waals surface area contributed by atoms with E-state index in [1.54, 1.807) is 6.07 Å². The lowest BCUT2D eigenvalue weighted by Crippen LogP contribution is -2.31. The van der Waals surface area contributed by atoms with Crippen LogP contribution < -0.4 is 4.57 Å². The van der Waals surface area contributed by atoms with Crippen molar-refractivity contribution in [3.63, 3.8) is 0 Å². The average Bonchev–Trinajstić information content (AvgIpc) is 2.47. The first-order chi connectivity index (χ1) is 9.54. The second-order valence-corrected chi connectivity index (χ2v) is 5.61. The Morgan fingerprint density at radius 1 is 1.00 bits per heavy atom. The van der Waals surface area contributed by atoms with E-state index in [2.05, 4.69) is 36.0 Å². The van der Waals surface area contributed by atoms with Gasteiger partial charge in [-0.1, -0.05) is 37.6 Å². The Morgan fingerprint density at radius 3 is 2.00 bits per heavy atom. The van der Waals surface area contributed by atoms with Gasteiger partial charge in [-0.15, -0.1) is 0 Å². The zero-order valence-corrected chi connectivity index (χ0v) is 12.3. The predicted octanol–water partition coefficient (Wildman–Crippen LogP) is 2.36. The molecule has 0 amide bonds. The molecule has 5 heteroatoms. The first-order valence-electron chi connectivity index (χ1n) is 6.49. The van der Waals surface area contributed by atoms with Crippen molar-refractivity contribution < 1.29 is 17.5 Å². The third-order valence-electron chi connectivity index (χ3n) is 2.58. The zero-order valence-electron chi connectivity index (χ0n) is 11.5. The smallest absolute Gasteiger partial charge is 0.168 e. The molecule has 0 saturated carbocycles. The Hall–Kier alpha value is -1.72. The molecule has 0 fully saturated rings. The number of aryl methyl sites for hydroxylation is 1. The van der Waals surface area contributed by atoms with E-state index < -0.39 is 10.1 Å². The van der Waals surface area contributed by atoms with Crippen molar-refractivity contribution in [3.05, 3.63) is 60.9 Å². The molecule has 0 aliphatic heterocycles. The number of unbranched alkanes of at least 4 members (excludes halogenated alkanes) is 1. The van der Waals surface area contributed by atoms with Crippen LogP contribution in [0.15, 0.2) is 65.8 Å². The molecular formula is C15H19NO3S. The van der Waals surface area contributed by atoms with E-state index in [4.69, 9.17) is 0 Å². The van der Waals surface area contributed by atoms with Gasteiger partial charge in [-0.3, -0.25) is 0 Å². The summed E-state index contributed by atoms with van der Waals surface area (Å²) >= 11 is 0. The van der Waals surface area contributed by atoms with Crippen LogP contribution in [0.3, 0.4) is 0 Å². The minimum Gasteiger partial charge on any atom is -0.744 e. The molecule has 2 rings (SSSR count). The molecule has 20 heavy (non-hydrogen) atoms. The lowest BCUT2D eigenvalue weighted by Gasteiger charge is -2.04. The standard InChI is InChI=1S/C9H14N.C6H6O3S/c1-2-3-7-10-8-5-4-6-9-10;7-10(8,9)6-4-2-1-3-5-6/h4-6,8-9H,2-3,7H2,1H3;1-5H,(H,7,8,9)/q+1;/p-1. The minimum absolute atomic E-state index is 0.185. The third-order valence-corrected chi connectivity index (χ3v) is 3.43. The maximum absolute atomic E-state index is 10.3. The predicted molar refractivity (Wildman–Crippen MR) is 76.0 cm³/mol. The largest absolute Gasteiger partial charge is 0.744 e. The summed E-state index contributed by atoms with van der Waals surface area (Å²) in [4.78, 5) is -0.185. The average molecular weight is 293 g/mol. The van der Waals surface area contributed by atoms with E-state index in [1.165, 1.54) is 37.1 Å². The number of hydrogen-bond donors (Lipinski definition) is 0. The van der Waals surface area contributed by atoms with E-state index in [0.29, 0.717) is 0 Å². The fourth-order valence-corrected chi connectivity index (χ4v) is 2.00. The first kappa shape index (κ1) is 16.3. The van der Waals surface area contributed by atoms with Crippen molar-refractivity contribution in [3.8, 4) is 0 Å². The van der Waals surface area contributed by atoms with Gasteiger partial charge in [0.2, 0.25) is 0 Å². The van der Waals surface area contributed by atoms with E-state index in [-0.39, 0.29) is 4.90 Å². The molecule has 0 radical (unpaired) electrons. The van der Waals surface area contributed by atoms with Gasteiger partial charge in [0.15, 0.2) is 12.4 Å². The molecule has 0 spiro atoms. The summed E-state index contributed by atoms with van der Waals surface area (Å²) in [7, 11) is -4.25. The van der Waals surface area contributed by atoms with Crippen molar-refractivity contribution in [2.24, 2.45) is 0 Å². The second-order valence-electron chi connectivity index (χ2n) is 4.23. The molecule has 0 aliphatic carbocycles. The number of aromatic nitrogens is 1. The lowest BCUT2D eigenvalue weighted by molar-refractivity contribution is -0.697. The fourth-order valence-electron chi connectivity index (χ4n) is 1.51. The quantitative estimate of drug-likeness (QED) is 0.642. The number of benzene rings is 1. The van der Waals surface area contributed by atoms with Crippen LogP contribution in [0.1, 0.15) is 19.8 Å². The normalized spacial score (nSPS) is 10.5. The maximum atomic E-state index is 10.3. The van der Waals surface area contributed by atoms with Crippen LogP contribution in [0.25, 0.3) is 0 Å². The van der Waals surface area contributed by atoms with E-state index in [0.717, 1.165) is 6.54 Å². The Labute approximate surface area is 120 Å². The Bertz CT molecular complexity index is 583. The molecule has 2 aromatic rings. The molecule has 108 valence electrons. The Balaban J connectivity index is 0.000000200. The number of rotatable bonds is 4. The SMILES string of the molecule is CCCC[n+]1ccccc1.O=S(=O)([O-])c1ccccc1. The van der Waals surface area contributed by atoms with Crippen molar-refractivity contribution in [2.45, 2.75) is 31.2 Å². The van der Waals surface area contributed by atoms with Gasteiger partial charge >= 0.3 is 0 Å². The van der Waals surface area contributed by atoms with Crippen LogP contribution >= 0.6 is 0 Å². The molecular weight excluding hydrogens is 274 g/mol. The highest BCUT2D eigenvalue weighted by Gasteiger charge is 1.96. The molecule has 0 N–H and O–H groups in total. The molecule has 0 saturated heterocycles. The highest BCUT2D eigenvalue weighted by molar-refractivity contribution is 7.85. The van der Waals surface area contributed by atoms with Gasteiger partial charge in [-0.05, 0) is 12.1 Å². The summed E-state index contributed by atoms with van der Waals surface area (Å²) in [5.74, 6) is 0. The molecule has 1 aromatic heterocycles. The first-order valence-corrected chi connectivity index (χ1v) is 7.90. The molecule has 0 aliphatic rings. The Kier molecular flexibility index (Phi) is 6.90. The van der Waals surface area contributed by atoms with Crippen LogP contribution in [0.5, 0.6) is 0 Å². The van der Waals surface area contributed by atoms with Gasteiger partial charge in [-0.25, -0.2) is 13.0 Å². The number of hydrogen-bond acceptors (Lipinski definition) is 3. The molecule has 1 heterocycles. The van der Waals surface area contributed by atoms with E-state index >= 15 is 0 Å². The summed E-state index contributed by atoms with van der Waals surface area (Å²) in [6.07, 6.45) is 6.75. The van der Waals surface area contributed by atoms with Crippen molar-refractivity contribution in [1.82, 2.24) is 0 Å².